The van der Waals surface area contributed by atoms with E-state index in [1.165, 1.54) is 0 Å². The van der Waals surface area contributed by atoms with Crippen LogP contribution in [0.25, 0.3) is 0 Å². The van der Waals surface area contributed by atoms with E-state index in [0.717, 1.165) is 0 Å². The summed E-state index contributed by atoms with van der Waals surface area (Å²) in [6, 6.07) is 0. The fraction of sp³-hybridized carbons (Fsp3) is 0.333. The number of nitrogens with two attached hydrogens (primary N) is 6. The largest absolute Gasteiger partial charge is 0.479 e. The quantitative estimate of drug-likeness (QED) is 0.101. The Labute approximate surface area is 112 Å². The molecule has 20 heavy (non-hydrogen) atoms. The lowest BCUT2D eigenvalue weighted by Crippen LogP contribution is -2.39. The standard InChI is InChI=1S/C4H6O6.2CH6N4/c5-1(3(7)8)2(6)4(9)10;2*2-1(3)5-4/h1-2,5-6H,(H,7,8)(H,9,10);2*4H2,(H4,2,3,5). The molecule has 0 saturated carbocycles. The third-order valence-electron chi connectivity index (χ3n) is 1.10. The average Bonchev–Trinajstić information content (AvgIpc) is 2.37. The van der Waals surface area contributed by atoms with E-state index in [9.17, 15) is 9.59 Å². The average molecular weight is 298 g/mol. The van der Waals surface area contributed by atoms with Crippen molar-refractivity contribution in [3.63, 3.8) is 0 Å². The zero-order chi connectivity index (χ0) is 16.9. The topological polar surface area (TPSA) is 296 Å². The maximum atomic E-state index is 9.77. The Hall–Kier alpha value is -3.00. The third-order valence-corrected chi connectivity index (χ3v) is 1.10. The zero-order valence-corrected chi connectivity index (χ0v) is 10.1. The number of hydrazone groups is 2. The molecule has 0 radical (unpaired) electrons. The van der Waals surface area contributed by atoms with Gasteiger partial charge in [-0.2, -0.15) is 0 Å². The van der Waals surface area contributed by atoms with Crippen molar-refractivity contribution in [2.45, 2.75) is 12.2 Å². The van der Waals surface area contributed by atoms with Gasteiger partial charge in [-0.15, -0.1) is 10.2 Å². The van der Waals surface area contributed by atoms with E-state index in [2.05, 4.69) is 21.9 Å². The molecule has 2 atom stereocenters. The molecule has 0 aromatic heterocycles. The van der Waals surface area contributed by atoms with Crippen LogP contribution in [0.2, 0.25) is 0 Å². The van der Waals surface area contributed by atoms with Crippen LogP contribution in [-0.2, 0) is 9.59 Å². The second kappa shape index (κ2) is 12.5. The molecule has 14 nitrogen and oxygen atoms in total. The van der Waals surface area contributed by atoms with Crippen molar-refractivity contribution in [1.29, 1.82) is 0 Å². The van der Waals surface area contributed by atoms with Crippen LogP contribution < -0.4 is 34.6 Å². The lowest BCUT2D eigenvalue weighted by Gasteiger charge is -2.07. The number of hydrogen-bond acceptors (Lipinski definition) is 8. The first-order valence-corrected chi connectivity index (χ1v) is 4.40. The first kappa shape index (κ1) is 22.2. The Bertz CT molecular complexity index is 315. The summed E-state index contributed by atoms with van der Waals surface area (Å²) in [6.45, 7) is 0. The number of carbonyl (C=O) groups is 2. The van der Waals surface area contributed by atoms with Crippen molar-refractivity contribution in [2.24, 2.45) is 44.8 Å². The van der Waals surface area contributed by atoms with Gasteiger partial charge in [0.1, 0.15) is 0 Å². The molecule has 0 aromatic carbocycles. The lowest BCUT2D eigenvalue weighted by molar-refractivity contribution is -0.165. The Kier molecular flexibility index (Phi) is 13.8. The van der Waals surface area contributed by atoms with Gasteiger partial charge in [0.15, 0.2) is 12.2 Å². The number of aliphatic hydroxyl groups is 2. The van der Waals surface area contributed by atoms with Crippen LogP contribution in [0.4, 0.5) is 0 Å². The number of aliphatic hydroxyl groups excluding tert-OH is 2. The fourth-order valence-corrected chi connectivity index (χ4v) is 0.270. The van der Waals surface area contributed by atoms with E-state index >= 15 is 0 Å². The number of guanidine groups is 2. The van der Waals surface area contributed by atoms with Gasteiger partial charge in [-0.25, -0.2) is 9.59 Å². The molecule has 0 amide bonds. The molecule has 0 fully saturated rings. The molecule has 14 heteroatoms. The molecule has 0 aliphatic rings. The molecule has 0 aliphatic carbocycles. The summed E-state index contributed by atoms with van der Waals surface area (Å²) in [4.78, 5) is 19.5. The van der Waals surface area contributed by atoms with Gasteiger partial charge in [0.2, 0.25) is 11.9 Å². The minimum atomic E-state index is -2.27. The molecule has 0 spiro atoms. The molecule has 0 saturated heterocycles. The maximum Gasteiger partial charge on any atom is 0.335 e. The lowest BCUT2D eigenvalue weighted by atomic mass is 10.2. The van der Waals surface area contributed by atoms with Crippen LogP contribution in [0.15, 0.2) is 10.2 Å². The molecule has 16 N–H and O–H groups in total. The minimum absolute atomic E-state index is 0.0926. The second-order valence-corrected chi connectivity index (χ2v) is 2.67. The minimum Gasteiger partial charge on any atom is -0.479 e. The van der Waals surface area contributed by atoms with E-state index in [1.54, 1.807) is 0 Å². The van der Waals surface area contributed by atoms with E-state index in [1.807, 2.05) is 0 Å². The van der Waals surface area contributed by atoms with E-state index < -0.39 is 24.1 Å². The third kappa shape index (κ3) is 17.4. The summed E-state index contributed by atoms with van der Waals surface area (Å²) in [5, 5.41) is 38.2. The van der Waals surface area contributed by atoms with Crippen molar-refractivity contribution in [3.05, 3.63) is 0 Å². The summed E-state index contributed by atoms with van der Waals surface area (Å²) in [7, 11) is 0. The number of carboxylic acid groups (broad SMARTS) is 2. The van der Waals surface area contributed by atoms with E-state index in [-0.39, 0.29) is 11.9 Å². The highest BCUT2D eigenvalue weighted by molar-refractivity contribution is 5.83. The monoisotopic (exact) mass is 298 g/mol. The van der Waals surface area contributed by atoms with Gasteiger partial charge in [-0.05, 0) is 0 Å². The van der Waals surface area contributed by atoms with Gasteiger partial charge in [0.05, 0.1) is 0 Å². The number of nitrogens with zero attached hydrogens (tertiary/aromatic N) is 2. The van der Waals surface area contributed by atoms with Crippen LogP contribution in [0.3, 0.4) is 0 Å². The second-order valence-electron chi connectivity index (χ2n) is 2.67. The molecule has 0 rings (SSSR count). The molecule has 2 unspecified atom stereocenters. The predicted octanol–water partition coefficient (Wildman–Crippen LogP) is -5.86. The Balaban J connectivity index is -0.000000244. The van der Waals surface area contributed by atoms with Crippen LogP contribution in [-0.4, -0.2) is 56.5 Å². The number of rotatable bonds is 3. The molecule has 0 bridgehead atoms. The Morgan fingerprint density at radius 3 is 0.950 bits per heavy atom. The molecular formula is C6H18N8O6. The fourth-order valence-electron chi connectivity index (χ4n) is 0.270. The van der Waals surface area contributed by atoms with Gasteiger partial charge < -0.3 is 55.0 Å². The smallest absolute Gasteiger partial charge is 0.335 e. The molecule has 118 valence electrons. The van der Waals surface area contributed by atoms with E-state index in [0.29, 0.717) is 0 Å². The summed E-state index contributed by atoms with van der Waals surface area (Å²) in [5.74, 6) is 5.30. The normalized spacial score (nSPS) is 11.1. The number of hydrogen-bond donors (Lipinski definition) is 10. The molecule has 0 aromatic rings. The summed E-state index contributed by atoms with van der Waals surface area (Å²) in [5.41, 5.74) is 18.8. The Morgan fingerprint density at radius 1 is 0.750 bits per heavy atom. The van der Waals surface area contributed by atoms with Crippen molar-refractivity contribution in [3.8, 4) is 0 Å². The van der Waals surface area contributed by atoms with Gasteiger partial charge >= 0.3 is 11.9 Å². The van der Waals surface area contributed by atoms with Gasteiger partial charge in [0.25, 0.3) is 0 Å². The summed E-state index contributed by atoms with van der Waals surface area (Å²) >= 11 is 0. The van der Waals surface area contributed by atoms with Crippen LogP contribution in [0.1, 0.15) is 0 Å². The highest BCUT2D eigenvalue weighted by Gasteiger charge is 2.29. The Morgan fingerprint density at radius 2 is 0.900 bits per heavy atom. The van der Waals surface area contributed by atoms with E-state index in [4.69, 9.17) is 43.4 Å². The summed E-state index contributed by atoms with van der Waals surface area (Å²) < 4.78 is 0. The maximum absolute atomic E-state index is 9.77. The van der Waals surface area contributed by atoms with Crippen molar-refractivity contribution < 1.29 is 30.0 Å². The van der Waals surface area contributed by atoms with Crippen molar-refractivity contribution in [1.82, 2.24) is 0 Å². The SMILES string of the molecule is NN=C(N)N.NN=C(N)N.O=C(O)C(O)C(O)C(=O)O. The first-order valence-electron chi connectivity index (χ1n) is 4.40. The highest BCUT2D eigenvalue weighted by atomic mass is 16.4. The number of carboxylic acids is 2. The zero-order valence-electron chi connectivity index (χ0n) is 10.1. The summed E-state index contributed by atoms with van der Waals surface area (Å²) in [6.07, 6.45) is -4.53. The van der Waals surface area contributed by atoms with Gasteiger partial charge in [-0.3, -0.25) is 0 Å². The van der Waals surface area contributed by atoms with Gasteiger partial charge in [-0.1, -0.05) is 0 Å². The van der Waals surface area contributed by atoms with Crippen LogP contribution >= 0.6 is 0 Å². The molecular weight excluding hydrogens is 280 g/mol. The number of aliphatic carboxylic acids is 2. The van der Waals surface area contributed by atoms with Gasteiger partial charge in [0, 0.05) is 0 Å². The first-order chi connectivity index (χ1) is 9.00. The van der Waals surface area contributed by atoms with Crippen molar-refractivity contribution in [2.75, 3.05) is 0 Å². The van der Waals surface area contributed by atoms with Crippen LogP contribution in [0.5, 0.6) is 0 Å². The predicted molar refractivity (Wildman–Crippen MR) is 67.3 cm³/mol. The van der Waals surface area contributed by atoms with Crippen LogP contribution in [0, 0.1) is 0 Å². The molecule has 0 aliphatic heterocycles. The van der Waals surface area contributed by atoms with Crippen molar-refractivity contribution >= 4 is 23.9 Å². The highest BCUT2D eigenvalue weighted by Crippen LogP contribution is 1.92. The molecule has 0 heterocycles.